The fourth-order valence-corrected chi connectivity index (χ4v) is 3.22. The lowest BCUT2D eigenvalue weighted by atomic mass is 9.94. The van der Waals surface area contributed by atoms with Gasteiger partial charge in [0.05, 0.1) is 12.6 Å². The van der Waals surface area contributed by atoms with Gasteiger partial charge in [0.2, 0.25) is 0 Å². The highest BCUT2D eigenvalue weighted by Gasteiger charge is 2.19. The number of benzene rings is 3. The monoisotopic (exact) mass is 359 g/mol. The van der Waals surface area contributed by atoms with Crippen LogP contribution >= 0.6 is 0 Å². The quantitative estimate of drug-likeness (QED) is 0.655. The van der Waals surface area contributed by atoms with Crippen molar-refractivity contribution in [1.29, 1.82) is 0 Å². The normalized spacial score (nSPS) is 11.7. The van der Waals surface area contributed by atoms with Crippen LogP contribution in [0.4, 0.5) is 0 Å². The first-order chi connectivity index (χ1) is 13.1. The molecule has 1 atom stereocenters. The number of nitrogens with one attached hydrogen (secondary N) is 1. The predicted molar refractivity (Wildman–Crippen MR) is 109 cm³/mol. The van der Waals surface area contributed by atoms with Crippen molar-refractivity contribution in [1.82, 2.24) is 5.32 Å². The maximum absolute atomic E-state index is 13.0. The van der Waals surface area contributed by atoms with Gasteiger partial charge in [-0.1, -0.05) is 54.6 Å². The first kappa shape index (κ1) is 18.7. The highest BCUT2D eigenvalue weighted by molar-refractivity contribution is 5.95. The first-order valence-electron chi connectivity index (χ1n) is 9.25. The summed E-state index contributed by atoms with van der Waals surface area (Å²) in [6.07, 6.45) is 0. The average Bonchev–Trinajstić information content (AvgIpc) is 2.69. The van der Waals surface area contributed by atoms with Gasteiger partial charge in [0.15, 0.2) is 0 Å². The van der Waals surface area contributed by atoms with Crippen LogP contribution in [0.2, 0.25) is 0 Å². The summed E-state index contributed by atoms with van der Waals surface area (Å²) in [4.78, 5) is 13.0. The summed E-state index contributed by atoms with van der Waals surface area (Å²) in [7, 11) is 0. The van der Waals surface area contributed by atoms with Crippen molar-refractivity contribution in [2.24, 2.45) is 0 Å². The molecule has 1 N–H and O–H groups in total. The number of carbonyl (C=O) groups is 1. The second kappa shape index (κ2) is 8.54. The zero-order valence-corrected chi connectivity index (χ0v) is 16.0. The van der Waals surface area contributed by atoms with Gasteiger partial charge in [0.1, 0.15) is 5.75 Å². The molecule has 3 aromatic carbocycles. The van der Waals surface area contributed by atoms with Crippen molar-refractivity contribution in [3.8, 4) is 5.75 Å². The van der Waals surface area contributed by atoms with E-state index in [0.717, 1.165) is 28.0 Å². The Morgan fingerprint density at radius 2 is 1.63 bits per heavy atom. The third kappa shape index (κ3) is 4.37. The van der Waals surface area contributed by atoms with Crippen LogP contribution in [-0.2, 0) is 0 Å². The molecule has 0 heterocycles. The van der Waals surface area contributed by atoms with E-state index >= 15 is 0 Å². The summed E-state index contributed by atoms with van der Waals surface area (Å²) >= 11 is 0. The molecule has 0 saturated carbocycles. The Morgan fingerprint density at radius 1 is 0.926 bits per heavy atom. The molecule has 0 bridgehead atoms. The van der Waals surface area contributed by atoms with Crippen molar-refractivity contribution in [2.75, 3.05) is 6.61 Å². The predicted octanol–water partition coefficient (Wildman–Crippen LogP) is 5.22. The lowest BCUT2D eigenvalue weighted by molar-refractivity contribution is 0.0943. The van der Waals surface area contributed by atoms with E-state index in [0.29, 0.717) is 12.2 Å². The summed E-state index contributed by atoms with van der Waals surface area (Å²) in [5, 5.41) is 3.21. The molecule has 138 valence electrons. The Balaban J connectivity index is 1.92. The van der Waals surface area contributed by atoms with Crippen molar-refractivity contribution in [3.63, 3.8) is 0 Å². The molecule has 3 nitrogen and oxygen atoms in total. The van der Waals surface area contributed by atoms with E-state index < -0.39 is 0 Å². The smallest absolute Gasteiger partial charge is 0.252 e. The molecule has 0 spiro atoms. The number of rotatable bonds is 6. The molecule has 0 aliphatic heterocycles. The van der Waals surface area contributed by atoms with Gasteiger partial charge in [-0.25, -0.2) is 0 Å². The standard InChI is InChI=1S/C24H25NO2/c1-4-27-22-15-14-20(16-18(22)3)24(26)25-23(19-11-6-5-7-12-19)21-13-9-8-10-17(21)2/h5-16,23H,4H2,1-3H3,(H,25,26). The maximum atomic E-state index is 13.0. The Morgan fingerprint density at radius 3 is 2.30 bits per heavy atom. The number of aryl methyl sites for hydroxylation is 2. The van der Waals surface area contributed by atoms with Crippen LogP contribution in [0.3, 0.4) is 0 Å². The van der Waals surface area contributed by atoms with Crippen LogP contribution < -0.4 is 10.1 Å². The minimum atomic E-state index is -0.202. The molecular weight excluding hydrogens is 334 g/mol. The zero-order valence-electron chi connectivity index (χ0n) is 16.0. The first-order valence-corrected chi connectivity index (χ1v) is 9.25. The van der Waals surface area contributed by atoms with Crippen molar-refractivity contribution in [3.05, 3.63) is 101 Å². The second-order valence-corrected chi connectivity index (χ2v) is 6.59. The molecule has 1 amide bonds. The van der Waals surface area contributed by atoms with Crippen molar-refractivity contribution in [2.45, 2.75) is 26.8 Å². The van der Waals surface area contributed by atoms with Crippen LogP contribution in [0.5, 0.6) is 5.75 Å². The van der Waals surface area contributed by atoms with E-state index in [1.54, 1.807) is 0 Å². The van der Waals surface area contributed by atoms with Crippen LogP contribution in [0.1, 0.15) is 45.6 Å². The fraction of sp³-hybridized carbons (Fsp3) is 0.208. The number of carbonyl (C=O) groups excluding carboxylic acids is 1. The molecule has 27 heavy (non-hydrogen) atoms. The molecule has 3 rings (SSSR count). The molecule has 0 aliphatic rings. The van der Waals surface area contributed by atoms with Gasteiger partial charge in [-0.15, -0.1) is 0 Å². The third-order valence-corrected chi connectivity index (χ3v) is 4.64. The maximum Gasteiger partial charge on any atom is 0.252 e. The summed E-state index contributed by atoms with van der Waals surface area (Å²) < 4.78 is 5.58. The topological polar surface area (TPSA) is 38.3 Å². The number of ether oxygens (including phenoxy) is 1. The largest absolute Gasteiger partial charge is 0.494 e. The van der Waals surface area contributed by atoms with Crippen LogP contribution in [-0.4, -0.2) is 12.5 Å². The molecule has 0 aromatic heterocycles. The Hall–Kier alpha value is -3.07. The lowest BCUT2D eigenvalue weighted by Crippen LogP contribution is -2.29. The van der Waals surface area contributed by atoms with Crippen LogP contribution in [0, 0.1) is 13.8 Å². The summed E-state index contributed by atoms with van der Waals surface area (Å²) in [6.45, 7) is 6.58. The van der Waals surface area contributed by atoms with E-state index in [9.17, 15) is 4.79 Å². The Bertz CT molecular complexity index is 919. The molecule has 3 heteroatoms. The van der Waals surface area contributed by atoms with Gasteiger partial charge in [-0.05, 0) is 61.2 Å². The highest BCUT2D eigenvalue weighted by atomic mass is 16.5. The van der Waals surface area contributed by atoms with E-state index in [-0.39, 0.29) is 11.9 Å². The number of hydrogen-bond acceptors (Lipinski definition) is 2. The molecule has 0 saturated heterocycles. The van der Waals surface area contributed by atoms with Gasteiger partial charge >= 0.3 is 0 Å². The Kier molecular flexibility index (Phi) is 5.92. The summed E-state index contributed by atoms with van der Waals surface area (Å²) in [5.41, 5.74) is 4.89. The van der Waals surface area contributed by atoms with Gasteiger partial charge in [0, 0.05) is 5.56 Å². The van der Waals surface area contributed by atoms with E-state index in [2.05, 4.69) is 24.4 Å². The second-order valence-electron chi connectivity index (χ2n) is 6.59. The van der Waals surface area contributed by atoms with E-state index in [1.807, 2.05) is 74.5 Å². The summed E-state index contributed by atoms with van der Waals surface area (Å²) in [6, 6.07) is 23.6. The van der Waals surface area contributed by atoms with Crippen LogP contribution in [0.25, 0.3) is 0 Å². The van der Waals surface area contributed by atoms with E-state index in [4.69, 9.17) is 4.74 Å². The van der Waals surface area contributed by atoms with Gasteiger partial charge < -0.3 is 10.1 Å². The zero-order chi connectivity index (χ0) is 19.2. The van der Waals surface area contributed by atoms with Gasteiger partial charge in [-0.2, -0.15) is 0 Å². The highest BCUT2D eigenvalue weighted by Crippen LogP contribution is 2.26. The van der Waals surface area contributed by atoms with Crippen molar-refractivity contribution < 1.29 is 9.53 Å². The lowest BCUT2D eigenvalue weighted by Gasteiger charge is -2.22. The van der Waals surface area contributed by atoms with Gasteiger partial charge in [0.25, 0.3) is 5.91 Å². The van der Waals surface area contributed by atoms with Crippen molar-refractivity contribution >= 4 is 5.91 Å². The number of hydrogen-bond donors (Lipinski definition) is 1. The molecular formula is C24H25NO2. The summed E-state index contributed by atoms with van der Waals surface area (Å²) in [5.74, 6) is 0.714. The SMILES string of the molecule is CCOc1ccc(C(=O)NC(c2ccccc2)c2ccccc2C)cc1C. The average molecular weight is 359 g/mol. The fourth-order valence-electron chi connectivity index (χ4n) is 3.22. The third-order valence-electron chi connectivity index (χ3n) is 4.64. The molecule has 0 aliphatic carbocycles. The minimum Gasteiger partial charge on any atom is -0.494 e. The molecule has 3 aromatic rings. The molecule has 0 radical (unpaired) electrons. The van der Waals surface area contributed by atoms with E-state index in [1.165, 1.54) is 0 Å². The van der Waals surface area contributed by atoms with Gasteiger partial charge in [-0.3, -0.25) is 4.79 Å². The number of amides is 1. The Labute approximate surface area is 161 Å². The molecule has 0 fully saturated rings. The minimum absolute atomic E-state index is 0.0988. The molecule has 1 unspecified atom stereocenters. The van der Waals surface area contributed by atoms with Crippen LogP contribution in [0.15, 0.2) is 72.8 Å².